The molecule has 0 spiro atoms. The van der Waals surface area contributed by atoms with Gasteiger partial charge in [-0.2, -0.15) is 0 Å². The second kappa shape index (κ2) is 9.57. The van der Waals surface area contributed by atoms with Crippen molar-refractivity contribution in [3.8, 4) is 17.2 Å². The maximum atomic E-state index is 5.85. The molecular weight excluding hydrogens is 444 g/mol. The average molecular weight is 471 g/mol. The van der Waals surface area contributed by atoms with Crippen molar-refractivity contribution in [3.63, 3.8) is 0 Å². The van der Waals surface area contributed by atoms with E-state index in [2.05, 4.69) is 56.3 Å². The van der Waals surface area contributed by atoms with E-state index < -0.39 is 0 Å². The highest BCUT2D eigenvalue weighted by Gasteiger charge is 2.41. The van der Waals surface area contributed by atoms with Crippen molar-refractivity contribution in [2.75, 3.05) is 14.2 Å². The standard InChI is InChI=1S/C27H26N4O2S/c1-32-20-14-12-19(13-15-20)18-31-26(25(29-27(31)34)21-8-5-6-16-28-21)23-10-7-17-30(23)22-9-3-4-11-24(22)33-2/h3-17,25-26H,18H2,1-2H3,(H,29,34)/t25-,26-/m0/s1. The minimum atomic E-state index is -0.102. The first-order valence-corrected chi connectivity index (χ1v) is 11.5. The van der Waals surface area contributed by atoms with Crippen LogP contribution in [0, 0.1) is 0 Å². The number of hydrogen-bond acceptors (Lipinski definition) is 4. The van der Waals surface area contributed by atoms with E-state index in [9.17, 15) is 0 Å². The number of methoxy groups -OCH3 is 2. The predicted octanol–water partition coefficient (Wildman–Crippen LogP) is 5.06. The molecule has 1 aliphatic rings. The number of para-hydroxylation sites is 2. The van der Waals surface area contributed by atoms with Gasteiger partial charge in [0.25, 0.3) is 0 Å². The Morgan fingerprint density at radius 2 is 1.71 bits per heavy atom. The second-order valence-electron chi connectivity index (χ2n) is 8.08. The number of nitrogens with one attached hydrogen (secondary N) is 1. The number of hydrogen-bond donors (Lipinski definition) is 1. The Balaban J connectivity index is 1.59. The zero-order valence-corrected chi connectivity index (χ0v) is 19.9. The highest BCUT2D eigenvalue weighted by atomic mass is 32.1. The van der Waals surface area contributed by atoms with Gasteiger partial charge in [0.05, 0.1) is 37.7 Å². The molecule has 0 radical (unpaired) electrons. The van der Waals surface area contributed by atoms with Crippen LogP contribution in [0.5, 0.6) is 11.5 Å². The molecule has 0 bridgehead atoms. The lowest BCUT2D eigenvalue weighted by atomic mass is 10.0. The molecule has 0 saturated carbocycles. The Kier molecular flexibility index (Phi) is 6.18. The molecule has 2 aromatic carbocycles. The van der Waals surface area contributed by atoms with Gasteiger partial charge < -0.3 is 24.3 Å². The van der Waals surface area contributed by atoms with Crippen LogP contribution < -0.4 is 14.8 Å². The van der Waals surface area contributed by atoms with Crippen LogP contribution in [0.4, 0.5) is 0 Å². The Hall–Kier alpha value is -3.84. The van der Waals surface area contributed by atoms with Gasteiger partial charge in [0.1, 0.15) is 11.5 Å². The third-order valence-corrected chi connectivity index (χ3v) is 6.49. The fraction of sp³-hybridized carbons (Fsp3) is 0.185. The minimum absolute atomic E-state index is 0.0792. The highest BCUT2D eigenvalue weighted by Crippen LogP contribution is 2.41. The van der Waals surface area contributed by atoms with E-state index in [4.69, 9.17) is 21.7 Å². The molecular formula is C27H26N4O2S. The summed E-state index contributed by atoms with van der Waals surface area (Å²) in [5.74, 6) is 1.64. The van der Waals surface area contributed by atoms with Gasteiger partial charge in [0.15, 0.2) is 5.11 Å². The summed E-state index contributed by atoms with van der Waals surface area (Å²) in [6.45, 7) is 0.654. The van der Waals surface area contributed by atoms with Gasteiger partial charge in [0.2, 0.25) is 0 Å². The Bertz CT molecular complexity index is 1270. The smallest absolute Gasteiger partial charge is 0.170 e. The lowest BCUT2D eigenvalue weighted by Gasteiger charge is -2.29. The normalized spacial score (nSPS) is 17.5. The molecule has 1 aliphatic heterocycles. The molecule has 5 rings (SSSR count). The summed E-state index contributed by atoms with van der Waals surface area (Å²) < 4.78 is 13.2. The minimum Gasteiger partial charge on any atom is -0.497 e. The predicted molar refractivity (Wildman–Crippen MR) is 136 cm³/mol. The van der Waals surface area contributed by atoms with E-state index in [1.54, 1.807) is 14.2 Å². The van der Waals surface area contributed by atoms with Gasteiger partial charge in [-0.25, -0.2) is 0 Å². The van der Waals surface area contributed by atoms with Crippen LogP contribution in [0.3, 0.4) is 0 Å². The van der Waals surface area contributed by atoms with E-state index >= 15 is 0 Å². The summed E-state index contributed by atoms with van der Waals surface area (Å²) in [6, 6.07) is 26.1. The van der Waals surface area contributed by atoms with E-state index in [1.807, 2.05) is 54.7 Å². The number of benzene rings is 2. The summed E-state index contributed by atoms with van der Waals surface area (Å²) in [4.78, 5) is 6.89. The van der Waals surface area contributed by atoms with Crippen LogP contribution in [0.15, 0.2) is 91.3 Å². The van der Waals surface area contributed by atoms with E-state index in [-0.39, 0.29) is 12.1 Å². The second-order valence-corrected chi connectivity index (χ2v) is 8.46. The molecule has 1 saturated heterocycles. The zero-order valence-electron chi connectivity index (χ0n) is 19.1. The fourth-order valence-electron chi connectivity index (χ4n) is 4.51. The van der Waals surface area contributed by atoms with Crippen LogP contribution in [-0.4, -0.2) is 33.8 Å². The molecule has 0 aliphatic carbocycles. The molecule has 4 aromatic rings. The van der Waals surface area contributed by atoms with Gasteiger partial charge in [-0.3, -0.25) is 4.98 Å². The number of aromatic nitrogens is 2. The lowest BCUT2D eigenvalue weighted by molar-refractivity contribution is 0.301. The number of rotatable bonds is 7. The monoisotopic (exact) mass is 470 g/mol. The maximum Gasteiger partial charge on any atom is 0.170 e. The first kappa shape index (κ1) is 22.0. The molecule has 0 unspecified atom stereocenters. The molecule has 0 amide bonds. The Morgan fingerprint density at radius 1 is 0.912 bits per heavy atom. The van der Waals surface area contributed by atoms with Crippen LogP contribution in [-0.2, 0) is 6.54 Å². The lowest BCUT2D eigenvalue weighted by Crippen LogP contribution is -2.30. The Labute approximate surface area is 204 Å². The summed E-state index contributed by atoms with van der Waals surface area (Å²) in [6.07, 6.45) is 3.89. The van der Waals surface area contributed by atoms with Gasteiger partial charge in [-0.1, -0.05) is 30.3 Å². The summed E-state index contributed by atoms with van der Waals surface area (Å²) in [7, 11) is 3.37. The van der Waals surface area contributed by atoms with Crippen molar-refractivity contribution in [2.45, 2.75) is 18.6 Å². The van der Waals surface area contributed by atoms with Crippen molar-refractivity contribution < 1.29 is 9.47 Å². The zero-order chi connectivity index (χ0) is 23.5. The SMILES string of the molecule is COc1ccc(CN2C(=S)N[C@@H](c3ccccn3)[C@@H]2c2cccn2-c2ccccc2OC)cc1. The van der Waals surface area contributed by atoms with Gasteiger partial charge in [-0.15, -0.1) is 0 Å². The topological polar surface area (TPSA) is 51.5 Å². The van der Waals surface area contributed by atoms with Crippen molar-refractivity contribution in [1.29, 1.82) is 0 Å². The Morgan fingerprint density at radius 3 is 2.44 bits per heavy atom. The van der Waals surface area contributed by atoms with Crippen molar-refractivity contribution in [2.24, 2.45) is 0 Å². The van der Waals surface area contributed by atoms with E-state index in [0.29, 0.717) is 11.7 Å². The van der Waals surface area contributed by atoms with Gasteiger partial charge in [0, 0.05) is 24.6 Å². The third kappa shape index (κ3) is 4.10. The first-order valence-electron chi connectivity index (χ1n) is 11.1. The van der Waals surface area contributed by atoms with E-state index in [0.717, 1.165) is 34.1 Å². The molecule has 7 heteroatoms. The third-order valence-electron chi connectivity index (χ3n) is 6.14. The number of ether oxygens (including phenoxy) is 2. The first-order chi connectivity index (χ1) is 16.7. The van der Waals surface area contributed by atoms with Crippen LogP contribution in [0.2, 0.25) is 0 Å². The maximum absolute atomic E-state index is 5.85. The van der Waals surface area contributed by atoms with Gasteiger partial charge >= 0.3 is 0 Å². The van der Waals surface area contributed by atoms with Crippen LogP contribution >= 0.6 is 12.2 Å². The molecule has 3 heterocycles. The molecule has 172 valence electrons. The molecule has 2 aromatic heterocycles. The van der Waals surface area contributed by atoms with Crippen molar-refractivity contribution in [3.05, 3.63) is 108 Å². The molecule has 1 N–H and O–H groups in total. The van der Waals surface area contributed by atoms with Crippen molar-refractivity contribution >= 4 is 17.3 Å². The summed E-state index contributed by atoms with van der Waals surface area (Å²) in [5.41, 5.74) is 4.17. The van der Waals surface area contributed by atoms with E-state index in [1.165, 1.54) is 0 Å². The molecule has 1 fully saturated rings. The highest BCUT2D eigenvalue weighted by molar-refractivity contribution is 7.80. The fourth-order valence-corrected chi connectivity index (χ4v) is 4.81. The van der Waals surface area contributed by atoms with Crippen LogP contribution in [0.1, 0.15) is 29.0 Å². The molecule has 2 atom stereocenters. The van der Waals surface area contributed by atoms with Crippen LogP contribution in [0.25, 0.3) is 5.69 Å². The number of pyridine rings is 1. The largest absolute Gasteiger partial charge is 0.497 e. The quantitative estimate of drug-likeness (QED) is 0.381. The number of nitrogens with zero attached hydrogens (tertiary/aromatic N) is 3. The summed E-state index contributed by atoms with van der Waals surface area (Å²) in [5, 5.41) is 4.23. The summed E-state index contributed by atoms with van der Waals surface area (Å²) >= 11 is 5.85. The number of thiocarbonyl (C=S) groups is 1. The molecule has 34 heavy (non-hydrogen) atoms. The van der Waals surface area contributed by atoms with Gasteiger partial charge in [-0.05, 0) is 66.3 Å². The average Bonchev–Trinajstić information content (AvgIpc) is 3.49. The van der Waals surface area contributed by atoms with Crippen molar-refractivity contribution in [1.82, 2.24) is 19.8 Å². The molecule has 6 nitrogen and oxygen atoms in total.